The molecule has 8 heteroatoms. The quantitative estimate of drug-likeness (QED) is 0.667. The first-order chi connectivity index (χ1) is 13.4. The highest BCUT2D eigenvalue weighted by atomic mass is 35.5. The molecule has 0 saturated carbocycles. The fraction of sp³-hybridized carbons (Fsp3) is 0.100. The number of hydrogen-bond acceptors (Lipinski definition) is 7. The SMILES string of the molecule is Cc1cc(C#N)cc(C)c1Oc1nc(Nc2ccc(C#N)cc2)nc(N)c1Cl. The molecule has 0 aliphatic heterocycles. The summed E-state index contributed by atoms with van der Waals surface area (Å²) in [5.41, 5.74) is 9.21. The number of benzene rings is 2. The summed E-state index contributed by atoms with van der Waals surface area (Å²) < 4.78 is 5.91. The summed E-state index contributed by atoms with van der Waals surface area (Å²) >= 11 is 6.23. The van der Waals surface area contributed by atoms with Crippen LogP contribution < -0.4 is 15.8 Å². The van der Waals surface area contributed by atoms with Gasteiger partial charge in [-0.2, -0.15) is 20.5 Å². The van der Waals surface area contributed by atoms with Gasteiger partial charge in [-0.15, -0.1) is 0 Å². The van der Waals surface area contributed by atoms with Crippen LogP contribution in [0.3, 0.4) is 0 Å². The Morgan fingerprint density at radius 1 is 1.00 bits per heavy atom. The molecule has 3 aromatic rings. The molecule has 0 spiro atoms. The van der Waals surface area contributed by atoms with Gasteiger partial charge in [-0.25, -0.2) is 0 Å². The lowest BCUT2D eigenvalue weighted by molar-refractivity contribution is 0.456. The first-order valence-corrected chi connectivity index (χ1v) is 8.58. The zero-order valence-electron chi connectivity index (χ0n) is 15.1. The van der Waals surface area contributed by atoms with Crippen molar-refractivity contribution >= 4 is 29.1 Å². The summed E-state index contributed by atoms with van der Waals surface area (Å²) in [6, 6.07) is 14.4. The topological polar surface area (TPSA) is 121 Å². The number of nitrogens with two attached hydrogens (primary N) is 1. The van der Waals surface area contributed by atoms with Crippen molar-refractivity contribution in [2.45, 2.75) is 13.8 Å². The van der Waals surface area contributed by atoms with Gasteiger partial charge in [-0.1, -0.05) is 11.6 Å². The molecule has 1 aromatic heterocycles. The lowest BCUT2D eigenvalue weighted by atomic mass is 10.1. The van der Waals surface area contributed by atoms with Crippen LogP contribution in [0.4, 0.5) is 17.5 Å². The molecule has 2 aromatic carbocycles. The first kappa shape index (κ1) is 19.0. The third kappa shape index (κ3) is 3.96. The van der Waals surface area contributed by atoms with Gasteiger partial charge in [-0.05, 0) is 61.4 Å². The minimum atomic E-state index is 0.0618. The summed E-state index contributed by atoms with van der Waals surface area (Å²) in [6.07, 6.45) is 0. The van der Waals surface area contributed by atoms with Gasteiger partial charge in [-0.3, -0.25) is 0 Å². The van der Waals surface area contributed by atoms with Gasteiger partial charge in [0.1, 0.15) is 10.8 Å². The predicted octanol–water partition coefficient (Wildman–Crippen LogP) is 4.61. The van der Waals surface area contributed by atoms with Crippen LogP contribution in [0.15, 0.2) is 36.4 Å². The Balaban J connectivity index is 1.94. The van der Waals surface area contributed by atoms with Crippen molar-refractivity contribution in [3.05, 3.63) is 63.7 Å². The van der Waals surface area contributed by atoms with Crippen LogP contribution >= 0.6 is 11.6 Å². The van der Waals surface area contributed by atoms with Gasteiger partial charge < -0.3 is 15.8 Å². The van der Waals surface area contributed by atoms with Gasteiger partial charge in [0.25, 0.3) is 0 Å². The summed E-state index contributed by atoms with van der Waals surface area (Å²) in [5.74, 6) is 0.905. The second-order valence-electron chi connectivity index (χ2n) is 6.02. The van der Waals surface area contributed by atoms with Crippen molar-refractivity contribution in [1.29, 1.82) is 10.5 Å². The Labute approximate surface area is 167 Å². The average molecular weight is 391 g/mol. The number of nitrogens with zero attached hydrogens (tertiary/aromatic N) is 4. The van der Waals surface area contributed by atoms with Crippen molar-refractivity contribution in [3.63, 3.8) is 0 Å². The number of ether oxygens (including phenoxy) is 1. The summed E-state index contributed by atoms with van der Waals surface area (Å²) in [7, 11) is 0. The molecule has 3 N–H and O–H groups in total. The molecule has 0 saturated heterocycles. The number of anilines is 3. The van der Waals surface area contributed by atoms with E-state index in [9.17, 15) is 0 Å². The molecule has 0 aliphatic rings. The molecule has 1 heterocycles. The van der Waals surface area contributed by atoms with E-state index in [0.29, 0.717) is 22.6 Å². The largest absolute Gasteiger partial charge is 0.437 e. The van der Waals surface area contributed by atoms with E-state index in [-0.39, 0.29) is 22.7 Å². The summed E-state index contributed by atoms with van der Waals surface area (Å²) in [4.78, 5) is 8.43. The van der Waals surface area contributed by atoms with Gasteiger partial charge in [0.2, 0.25) is 11.8 Å². The smallest absolute Gasteiger partial charge is 0.245 e. The van der Waals surface area contributed by atoms with E-state index >= 15 is 0 Å². The van der Waals surface area contributed by atoms with Gasteiger partial charge in [0.15, 0.2) is 5.82 Å². The number of hydrogen-bond donors (Lipinski definition) is 2. The Kier molecular flexibility index (Phi) is 5.30. The van der Waals surface area contributed by atoms with Gasteiger partial charge >= 0.3 is 0 Å². The minimum Gasteiger partial charge on any atom is -0.437 e. The molecule has 0 aliphatic carbocycles. The van der Waals surface area contributed by atoms with Crippen LogP contribution in [-0.4, -0.2) is 9.97 Å². The van der Waals surface area contributed by atoms with Crippen LogP contribution in [-0.2, 0) is 0 Å². The van der Waals surface area contributed by atoms with Crippen LogP contribution in [0.1, 0.15) is 22.3 Å². The maximum atomic E-state index is 9.08. The Hall–Kier alpha value is -3.81. The summed E-state index contributed by atoms with van der Waals surface area (Å²) in [5, 5.41) is 21.1. The molecule has 0 bridgehead atoms. The number of halogens is 1. The molecule has 0 fully saturated rings. The number of rotatable bonds is 4. The second kappa shape index (κ2) is 7.83. The molecule has 28 heavy (non-hydrogen) atoms. The van der Waals surface area contributed by atoms with E-state index in [1.165, 1.54) is 0 Å². The second-order valence-corrected chi connectivity index (χ2v) is 6.40. The predicted molar refractivity (Wildman–Crippen MR) is 107 cm³/mol. The van der Waals surface area contributed by atoms with Crippen molar-refractivity contribution in [2.75, 3.05) is 11.1 Å². The molecule has 0 atom stereocenters. The molecule has 0 amide bonds. The molecule has 7 nitrogen and oxygen atoms in total. The normalized spacial score (nSPS) is 10.0. The van der Waals surface area contributed by atoms with Crippen molar-refractivity contribution in [2.24, 2.45) is 0 Å². The highest BCUT2D eigenvalue weighted by Crippen LogP contribution is 2.35. The highest BCUT2D eigenvalue weighted by Gasteiger charge is 2.16. The fourth-order valence-electron chi connectivity index (χ4n) is 2.60. The van der Waals surface area contributed by atoms with E-state index in [2.05, 4.69) is 27.4 Å². The standard InChI is InChI=1S/C20H15ClN6O/c1-11-7-14(10-23)8-12(2)17(11)28-19-16(21)18(24)26-20(27-19)25-15-5-3-13(9-22)4-6-15/h3-8H,1-2H3,(H3,24,25,26,27). The van der Waals surface area contributed by atoms with Crippen molar-refractivity contribution in [3.8, 4) is 23.8 Å². The monoisotopic (exact) mass is 390 g/mol. The summed E-state index contributed by atoms with van der Waals surface area (Å²) in [6.45, 7) is 3.66. The lowest BCUT2D eigenvalue weighted by Gasteiger charge is -2.14. The van der Waals surface area contributed by atoms with Gasteiger partial charge in [0.05, 0.1) is 23.3 Å². The van der Waals surface area contributed by atoms with Crippen molar-refractivity contribution < 1.29 is 4.74 Å². The number of aromatic nitrogens is 2. The Morgan fingerprint density at radius 2 is 1.61 bits per heavy atom. The van der Waals surface area contributed by atoms with Crippen LogP contribution in [0.5, 0.6) is 11.6 Å². The molecular formula is C20H15ClN6O. The number of aryl methyl sites for hydroxylation is 2. The number of nitriles is 2. The van der Waals surface area contributed by atoms with Gasteiger partial charge in [0, 0.05) is 5.69 Å². The van der Waals surface area contributed by atoms with E-state index in [0.717, 1.165) is 11.1 Å². The van der Waals surface area contributed by atoms with E-state index in [1.54, 1.807) is 36.4 Å². The van der Waals surface area contributed by atoms with E-state index in [4.69, 9.17) is 32.6 Å². The fourth-order valence-corrected chi connectivity index (χ4v) is 2.72. The zero-order valence-corrected chi connectivity index (χ0v) is 15.9. The maximum Gasteiger partial charge on any atom is 0.245 e. The third-order valence-corrected chi connectivity index (χ3v) is 4.26. The maximum absolute atomic E-state index is 9.08. The highest BCUT2D eigenvalue weighted by molar-refractivity contribution is 6.34. The van der Waals surface area contributed by atoms with E-state index in [1.807, 2.05) is 13.8 Å². The van der Waals surface area contributed by atoms with Crippen molar-refractivity contribution in [1.82, 2.24) is 9.97 Å². The van der Waals surface area contributed by atoms with Crippen LogP contribution in [0.2, 0.25) is 5.02 Å². The average Bonchev–Trinajstić information content (AvgIpc) is 2.68. The Bertz CT molecular complexity index is 1110. The van der Waals surface area contributed by atoms with E-state index < -0.39 is 0 Å². The van der Waals surface area contributed by atoms with Crippen LogP contribution in [0.25, 0.3) is 0 Å². The molecule has 138 valence electrons. The molecule has 0 radical (unpaired) electrons. The third-order valence-electron chi connectivity index (χ3n) is 3.90. The Morgan fingerprint density at radius 3 is 2.18 bits per heavy atom. The molecule has 3 rings (SSSR count). The molecular weight excluding hydrogens is 376 g/mol. The van der Waals surface area contributed by atoms with Crippen LogP contribution in [0, 0.1) is 36.5 Å². The minimum absolute atomic E-state index is 0.0618. The zero-order chi connectivity index (χ0) is 20.3. The molecule has 0 unspecified atom stereocenters. The number of nitrogens with one attached hydrogen (secondary N) is 1. The lowest BCUT2D eigenvalue weighted by Crippen LogP contribution is -2.04. The number of nitrogen functional groups attached to an aromatic ring is 1. The first-order valence-electron chi connectivity index (χ1n) is 8.20.